The highest BCUT2D eigenvalue weighted by Gasteiger charge is 2.45. The second-order valence-corrected chi connectivity index (χ2v) is 6.63. The minimum absolute atomic E-state index is 0.139. The van der Waals surface area contributed by atoms with Crippen molar-refractivity contribution in [3.05, 3.63) is 34.9 Å². The number of nitrogens with one attached hydrogen (secondary N) is 1. The van der Waals surface area contributed by atoms with Crippen LogP contribution in [0.5, 0.6) is 0 Å². The summed E-state index contributed by atoms with van der Waals surface area (Å²) in [6.07, 6.45) is 5.88. The third-order valence-corrected chi connectivity index (χ3v) is 4.94. The monoisotopic (exact) mass is 292 g/mol. The topological polar surface area (TPSA) is 55.1 Å². The molecule has 1 amide bonds. The number of carbonyl (C=O) groups excluding carboxylic acids is 1. The maximum atomic E-state index is 12.2. The lowest BCUT2D eigenvalue weighted by molar-refractivity contribution is -0.123. The van der Waals surface area contributed by atoms with Gasteiger partial charge in [0.25, 0.3) is 0 Å². The van der Waals surface area contributed by atoms with Crippen molar-refractivity contribution in [2.75, 3.05) is 0 Å². The number of nitrogens with two attached hydrogens (primary N) is 1. The fraction of sp³-hybridized carbons (Fsp3) is 0.562. The predicted octanol–water partition coefficient (Wildman–Crippen LogP) is 2.96. The Bertz CT molecular complexity index is 496. The Morgan fingerprint density at radius 3 is 2.55 bits per heavy atom. The summed E-state index contributed by atoms with van der Waals surface area (Å²) in [5, 5.41) is 3.94. The molecule has 2 aliphatic carbocycles. The van der Waals surface area contributed by atoms with Gasteiger partial charge in [0.15, 0.2) is 0 Å². The summed E-state index contributed by atoms with van der Waals surface area (Å²) in [6, 6.07) is 7.99. The van der Waals surface area contributed by atoms with Crippen LogP contribution in [0.15, 0.2) is 24.3 Å². The van der Waals surface area contributed by atoms with Crippen LogP contribution in [0.3, 0.4) is 0 Å². The van der Waals surface area contributed by atoms with E-state index in [1.54, 1.807) is 0 Å². The Morgan fingerprint density at radius 1 is 1.30 bits per heavy atom. The quantitative estimate of drug-likeness (QED) is 0.896. The number of benzene rings is 1. The van der Waals surface area contributed by atoms with Crippen molar-refractivity contribution in [1.29, 1.82) is 0 Å². The fourth-order valence-corrected chi connectivity index (χ4v) is 3.38. The van der Waals surface area contributed by atoms with Gasteiger partial charge in [-0.05, 0) is 49.3 Å². The molecule has 2 saturated carbocycles. The Morgan fingerprint density at radius 2 is 2.00 bits per heavy atom. The minimum atomic E-state index is -0.148. The number of hydrogen-bond acceptors (Lipinski definition) is 2. The van der Waals surface area contributed by atoms with Crippen molar-refractivity contribution >= 4 is 17.5 Å². The standard InChI is InChI=1S/C16H21ClN2O/c17-13-6-4-12(5-7-13)16(8-9-16)19-15(20)10-11-2-1-3-14(11)18/h4-7,11,14H,1-3,8-10,18H2,(H,19,20)/t11-,14+/m0/s1. The molecule has 2 atom stereocenters. The van der Waals surface area contributed by atoms with Crippen molar-refractivity contribution in [2.24, 2.45) is 11.7 Å². The molecular weight excluding hydrogens is 272 g/mol. The minimum Gasteiger partial charge on any atom is -0.347 e. The summed E-state index contributed by atoms with van der Waals surface area (Å²) in [5.74, 6) is 0.496. The van der Waals surface area contributed by atoms with E-state index in [1.807, 2.05) is 24.3 Å². The molecule has 0 aromatic heterocycles. The average molecular weight is 293 g/mol. The number of rotatable bonds is 4. The zero-order valence-corrected chi connectivity index (χ0v) is 12.3. The number of amides is 1. The molecule has 2 fully saturated rings. The molecule has 2 aliphatic rings. The first-order chi connectivity index (χ1) is 9.59. The highest BCUT2D eigenvalue weighted by molar-refractivity contribution is 6.30. The van der Waals surface area contributed by atoms with E-state index in [0.717, 1.165) is 42.7 Å². The second-order valence-electron chi connectivity index (χ2n) is 6.20. The Labute approximate surface area is 124 Å². The first-order valence-electron chi connectivity index (χ1n) is 7.42. The van der Waals surface area contributed by atoms with Crippen LogP contribution in [0.2, 0.25) is 5.02 Å². The van der Waals surface area contributed by atoms with Gasteiger partial charge in [-0.15, -0.1) is 0 Å². The second kappa shape index (κ2) is 5.38. The van der Waals surface area contributed by atoms with E-state index in [0.29, 0.717) is 12.3 Å². The van der Waals surface area contributed by atoms with Crippen LogP contribution in [-0.4, -0.2) is 11.9 Å². The Hall–Kier alpha value is -1.06. The summed E-state index contributed by atoms with van der Waals surface area (Å²) >= 11 is 5.92. The highest BCUT2D eigenvalue weighted by Crippen LogP contribution is 2.46. The number of hydrogen-bond donors (Lipinski definition) is 2. The van der Waals surface area contributed by atoms with Crippen LogP contribution < -0.4 is 11.1 Å². The summed E-state index contributed by atoms with van der Waals surface area (Å²) < 4.78 is 0. The normalized spacial score (nSPS) is 27.3. The van der Waals surface area contributed by atoms with Gasteiger partial charge in [-0.3, -0.25) is 4.79 Å². The molecule has 1 aromatic rings. The van der Waals surface area contributed by atoms with Gasteiger partial charge < -0.3 is 11.1 Å². The molecule has 3 nitrogen and oxygen atoms in total. The molecule has 3 N–H and O–H groups in total. The lowest BCUT2D eigenvalue weighted by Gasteiger charge is -2.21. The summed E-state index contributed by atoms with van der Waals surface area (Å²) in [5.41, 5.74) is 7.05. The van der Waals surface area contributed by atoms with E-state index in [9.17, 15) is 4.79 Å². The molecule has 0 unspecified atom stereocenters. The van der Waals surface area contributed by atoms with Gasteiger partial charge >= 0.3 is 0 Å². The van der Waals surface area contributed by atoms with E-state index in [-0.39, 0.29) is 17.5 Å². The SMILES string of the molecule is N[C@@H]1CCC[C@H]1CC(=O)NC1(c2ccc(Cl)cc2)CC1. The van der Waals surface area contributed by atoms with Crippen LogP contribution in [-0.2, 0) is 10.3 Å². The van der Waals surface area contributed by atoms with Gasteiger partial charge in [-0.25, -0.2) is 0 Å². The first-order valence-corrected chi connectivity index (χ1v) is 7.79. The van der Waals surface area contributed by atoms with Gasteiger partial charge in [-0.2, -0.15) is 0 Å². The van der Waals surface area contributed by atoms with Gasteiger partial charge in [0, 0.05) is 17.5 Å². The summed E-state index contributed by atoms with van der Waals surface area (Å²) in [7, 11) is 0. The van der Waals surface area contributed by atoms with Gasteiger partial charge in [0.05, 0.1) is 5.54 Å². The van der Waals surface area contributed by atoms with Crippen molar-refractivity contribution in [3.8, 4) is 0 Å². The molecule has 1 aromatic carbocycles. The predicted molar refractivity (Wildman–Crippen MR) is 80.4 cm³/mol. The van der Waals surface area contributed by atoms with Crippen LogP contribution in [0.1, 0.15) is 44.1 Å². The molecular formula is C16H21ClN2O. The van der Waals surface area contributed by atoms with Crippen LogP contribution in [0.25, 0.3) is 0 Å². The Balaban J connectivity index is 1.62. The Kier molecular flexibility index (Phi) is 3.74. The average Bonchev–Trinajstić information content (AvgIpc) is 3.08. The molecule has 108 valence electrons. The van der Waals surface area contributed by atoms with Crippen molar-refractivity contribution in [2.45, 2.75) is 50.1 Å². The molecule has 0 radical (unpaired) electrons. The third kappa shape index (κ3) is 2.84. The largest absolute Gasteiger partial charge is 0.347 e. The molecule has 0 spiro atoms. The molecule has 3 rings (SSSR count). The van der Waals surface area contributed by atoms with Gasteiger partial charge in [0.2, 0.25) is 5.91 Å². The summed E-state index contributed by atoms with van der Waals surface area (Å²) in [6.45, 7) is 0. The molecule has 20 heavy (non-hydrogen) atoms. The van der Waals surface area contributed by atoms with E-state index in [2.05, 4.69) is 5.32 Å². The molecule has 0 bridgehead atoms. The lowest BCUT2D eigenvalue weighted by atomic mass is 9.98. The third-order valence-electron chi connectivity index (χ3n) is 4.69. The first kappa shape index (κ1) is 13.9. The van der Waals surface area contributed by atoms with Gasteiger partial charge in [0.1, 0.15) is 0 Å². The summed E-state index contributed by atoms with van der Waals surface area (Å²) in [4.78, 5) is 12.2. The van der Waals surface area contributed by atoms with E-state index < -0.39 is 0 Å². The smallest absolute Gasteiger partial charge is 0.221 e. The van der Waals surface area contributed by atoms with E-state index in [4.69, 9.17) is 17.3 Å². The number of carbonyl (C=O) groups is 1. The zero-order chi connectivity index (χ0) is 14.2. The van der Waals surface area contributed by atoms with Crippen molar-refractivity contribution < 1.29 is 4.79 Å². The van der Waals surface area contributed by atoms with Crippen LogP contribution in [0, 0.1) is 5.92 Å². The zero-order valence-electron chi connectivity index (χ0n) is 11.6. The molecule has 0 aliphatic heterocycles. The fourth-order valence-electron chi connectivity index (χ4n) is 3.25. The molecule has 4 heteroatoms. The van der Waals surface area contributed by atoms with Crippen LogP contribution in [0.4, 0.5) is 0 Å². The van der Waals surface area contributed by atoms with Crippen molar-refractivity contribution in [3.63, 3.8) is 0 Å². The number of halogens is 1. The van der Waals surface area contributed by atoms with E-state index >= 15 is 0 Å². The van der Waals surface area contributed by atoms with E-state index in [1.165, 1.54) is 0 Å². The molecule has 0 heterocycles. The maximum absolute atomic E-state index is 12.2. The highest BCUT2D eigenvalue weighted by atomic mass is 35.5. The maximum Gasteiger partial charge on any atom is 0.221 e. The molecule has 0 saturated heterocycles. The lowest BCUT2D eigenvalue weighted by Crippen LogP contribution is -2.37. The van der Waals surface area contributed by atoms with Crippen LogP contribution >= 0.6 is 11.6 Å². The van der Waals surface area contributed by atoms with Gasteiger partial charge in [-0.1, -0.05) is 30.2 Å². The van der Waals surface area contributed by atoms with Crippen molar-refractivity contribution in [1.82, 2.24) is 5.32 Å².